The van der Waals surface area contributed by atoms with Crippen LogP contribution in [-0.2, 0) is 30.4 Å². The van der Waals surface area contributed by atoms with Gasteiger partial charge in [0.2, 0.25) is 23.6 Å². The summed E-state index contributed by atoms with van der Waals surface area (Å²) in [5, 5.41) is 16.8. The van der Waals surface area contributed by atoms with Crippen molar-refractivity contribution in [3.8, 4) is 0 Å². The van der Waals surface area contributed by atoms with Gasteiger partial charge in [-0.25, -0.2) is 4.79 Å². The first kappa shape index (κ1) is 28.6. The van der Waals surface area contributed by atoms with Crippen molar-refractivity contribution in [1.29, 1.82) is 0 Å². The van der Waals surface area contributed by atoms with E-state index in [-0.39, 0.29) is 25.2 Å². The van der Waals surface area contributed by atoms with Crippen LogP contribution in [0.4, 0.5) is 0 Å². The number of hydrogen-bond donors (Lipinski definition) is 6. The number of carbonyl (C=O) groups is 5. The van der Waals surface area contributed by atoms with Crippen LogP contribution < -0.4 is 27.4 Å². The van der Waals surface area contributed by atoms with Crippen molar-refractivity contribution < 1.29 is 29.1 Å². The molecule has 34 heavy (non-hydrogen) atoms. The first-order valence-corrected chi connectivity index (χ1v) is 11.1. The minimum atomic E-state index is -1.36. The lowest BCUT2D eigenvalue weighted by atomic mass is 10.0. The van der Waals surface area contributed by atoms with Gasteiger partial charge in [0.05, 0.1) is 6.04 Å². The monoisotopic (exact) mass is 477 g/mol. The van der Waals surface area contributed by atoms with Crippen molar-refractivity contribution in [1.82, 2.24) is 16.0 Å². The van der Waals surface area contributed by atoms with Crippen molar-refractivity contribution in [2.45, 2.75) is 70.6 Å². The Kier molecular flexibility index (Phi) is 11.7. The Bertz CT molecular complexity index is 861. The molecule has 11 heteroatoms. The second kappa shape index (κ2) is 13.9. The van der Waals surface area contributed by atoms with Crippen LogP contribution in [0.2, 0.25) is 0 Å². The molecule has 0 aliphatic carbocycles. The minimum absolute atomic E-state index is 0.0775. The lowest BCUT2D eigenvalue weighted by Gasteiger charge is -2.24. The summed E-state index contributed by atoms with van der Waals surface area (Å²) >= 11 is 0. The number of benzene rings is 1. The van der Waals surface area contributed by atoms with Gasteiger partial charge in [0.1, 0.15) is 18.1 Å². The molecular formula is C23H35N5O6. The molecule has 0 saturated heterocycles. The van der Waals surface area contributed by atoms with Crippen LogP contribution >= 0.6 is 0 Å². The summed E-state index contributed by atoms with van der Waals surface area (Å²) in [5.74, 6) is -3.71. The molecule has 0 aliphatic rings. The zero-order valence-electron chi connectivity index (χ0n) is 19.7. The SMILES string of the molecule is CC(C)CC(N)C(=O)NC(C)C(=O)NC(Cc1ccccc1)C(=O)NC(CCC(N)=O)C(=O)O. The fraction of sp³-hybridized carbons (Fsp3) is 0.522. The lowest BCUT2D eigenvalue weighted by Crippen LogP contribution is -2.57. The third-order valence-electron chi connectivity index (χ3n) is 5.02. The van der Waals surface area contributed by atoms with Crippen molar-refractivity contribution in [3.63, 3.8) is 0 Å². The number of amides is 4. The summed E-state index contributed by atoms with van der Waals surface area (Å²) < 4.78 is 0. The highest BCUT2D eigenvalue weighted by Gasteiger charge is 2.29. The molecule has 0 aromatic heterocycles. The summed E-state index contributed by atoms with van der Waals surface area (Å²) in [6.07, 6.45) is 0.102. The fourth-order valence-electron chi connectivity index (χ4n) is 3.17. The van der Waals surface area contributed by atoms with Crippen LogP contribution in [0.3, 0.4) is 0 Å². The van der Waals surface area contributed by atoms with Gasteiger partial charge < -0.3 is 32.5 Å². The molecule has 0 saturated carbocycles. The van der Waals surface area contributed by atoms with Gasteiger partial charge >= 0.3 is 5.97 Å². The van der Waals surface area contributed by atoms with E-state index in [0.29, 0.717) is 6.42 Å². The Labute approximate surface area is 199 Å². The Morgan fingerprint density at radius 3 is 2.00 bits per heavy atom. The molecule has 1 rings (SSSR count). The molecule has 0 aliphatic heterocycles. The quantitative estimate of drug-likeness (QED) is 0.206. The van der Waals surface area contributed by atoms with Gasteiger partial charge in [-0.15, -0.1) is 0 Å². The van der Waals surface area contributed by atoms with Crippen LogP contribution in [0.15, 0.2) is 30.3 Å². The van der Waals surface area contributed by atoms with E-state index in [2.05, 4.69) is 16.0 Å². The summed E-state index contributed by atoms with van der Waals surface area (Å²) in [6.45, 7) is 5.30. The molecule has 4 atom stereocenters. The second-order valence-electron chi connectivity index (χ2n) is 8.62. The van der Waals surface area contributed by atoms with Gasteiger partial charge in [0.25, 0.3) is 0 Å². The summed E-state index contributed by atoms with van der Waals surface area (Å²) in [5.41, 5.74) is 11.7. The summed E-state index contributed by atoms with van der Waals surface area (Å²) in [4.78, 5) is 60.4. The molecule has 4 amide bonds. The number of carboxylic acids is 1. The predicted molar refractivity (Wildman–Crippen MR) is 125 cm³/mol. The van der Waals surface area contributed by atoms with Crippen molar-refractivity contribution in [2.75, 3.05) is 0 Å². The van der Waals surface area contributed by atoms with E-state index < -0.39 is 53.8 Å². The Morgan fingerprint density at radius 2 is 1.47 bits per heavy atom. The van der Waals surface area contributed by atoms with Gasteiger partial charge in [-0.1, -0.05) is 44.2 Å². The average molecular weight is 478 g/mol. The van der Waals surface area contributed by atoms with E-state index in [1.54, 1.807) is 30.3 Å². The van der Waals surface area contributed by atoms with Gasteiger partial charge in [-0.3, -0.25) is 19.2 Å². The number of carbonyl (C=O) groups excluding carboxylic acids is 4. The van der Waals surface area contributed by atoms with E-state index in [1.165, 1.54) is 6.92 Å². The molecule has 0 fully saturated rings. The maximum Gasteiger partial charge on any atom is 0.326 e. The maximum absolute atomic E-state index is 12.9. The average Bonchev–Trinajstić information content (AvgIpc) is 2.75. The summed E-state index contributed by atoms with van der Waals surface area (Å²) in [7, 11) is 0. The number of aliphatic carboxylic acids is 1. The Hall–Kier alpha value is -3.47. The largest absolute Gasteiger partial charge is 0.480 e. The normalized spacial score (nSPS) is 14.4. The Balaban J connectivity index is 2.93. The zero-order valence-corrected chi connectivity index (χ0v) is 19.7. The van der Waals surface area contributed by atoms with Gasteiger partial charge in [0, 0.05) is 12.8 Å². The van der Waals surface area contributed by atoms with Gasteiger partial charge in [0.15, 0.2) is 0 Å². The number of carboxylic acid groups (broad SMARTS) is 1. The van der Waals surface area contributed by atoms with Crippen molar-refractivity contribution in [3.05, 3.63) is 35.9 Å². The van der Waals surface area contributed by atoms with Crippen LogP contribution in [0, 0.1) is 5.92 Å². The number of hydrogen-bond acceptors (Lipinski definition) is 6. The second-order valence-corrected chi connectivity index (χ2v) is 8.62. The number of rotatable bonds is 14. The van der Waals surface area contributed by atoms with Gasteiger partial charge in [-0.05, 0) is 31.2 Å². The number of nitrogens with two attached hydrogens (primary N) is 2. The molecule has 1 aromatic rings. The Morgan fingerprint density at radius 1 is 0.882 bits per heavy atom. The fourth-order valence-corrected chi connectivity index (χ4v) is 3.17. The zero-order chi connectivity index (χ0) is 25.8. The summed E-state index contributed by atoms with van der Waals surface area (Å²) in [6, 6.07) is 4.57. The molecular weight excluding hydrogens is 442 g/mol. The molecule has 8 N–H and O–H groups in total. The van der Waals surface area contributed by atoms with Crippen LogP contribution in [0.1, 0.15) is 45.6 Å². The third kappa shape index (κ3) is 10.4. The van der Waals surface area contributed by atoms with E-state index >= 15 is 0 Å². The topological polar surface area (TPSA) is 194 Å². The minimum Gasteiger partial charge on any atom is -0.480 e. The molecule has 0 radical (unpaired) electrons. The highest BCUT2D eigenvalue weighted by molar-refractivity contribution is 5.94. The molecule has 4 unspecified atom stereocenters. The predicted octanol–water partition coefficient (Wildman–Crippen LogP) is -0.573. The molecule has 11 nitrogen and oxygen atoms in total. The third-order valence-corrected chi connectivity index (χ3v) is 5.02. The number of primary amides is 1. The highest BCUT2D eigenvalue weighted by Crippen LogP contribution is 2.07. The van der Waals surface area contributed by atoms with Crippen LogP contribution in [0.25, 0.3) is 0 Å². The molecule has 1 aromatic carbocycles. The van der Waals surface area contributed by atoms with Crippen LogP contribution in [-0.4, -0.2) is 58.9 Å². The van der Waals surface area contributed by atoms with E-state index in [4.69, 9.17) is 11.5 Å². The molecule has 188 valence electrons. The van der Waals surface area contributed by atoms with Crippen molar-refractivity contribution in [2.24, 2.45) is 17.4 Å². The van der Waals surface area contributed by atoms with E-state index in [1.807, 2.05) is 13.8 Å². The van der Waals surface area contributed by atoms with Gasteiger partial charge in [-0.2, -0.15) is 0 Å². The highest BCUT2D eigenvalue weighted by atomic mass is 16.4. The number of nitrogens with one attached hydrogen (secondary N) is 3. The van der Waals surface area contributed by atoms with E-state index in [0.717, 1.165) is 5.56 Å². The van der Waals surface area contributed by atoms with Crippen molar-refractivity contribution >= 4 is 29.6 Å². The lowest BCUT2D eigenvalue weighted by molar-refractivity contribution is -0.142. The first-order valence-electron chi connectivity index (χ1n) is 11.1. The van der Waals surface area contributed by atoms with Crippen LogP contribution in [0.5, 0.6) is 0 Å². The maximum atomic E-state index is 12.9. The molecule has 0 spiro atoms. The molecule has 0 bridgehead atoms. The standard InChI is InChI=1S/C23H35N5O6/c1-13(2)11-16(24)21(31)26-14(3)20(30)28-18(12-15-7-5-4-6-8-15)22(32)27-17(23(33)34)9-10-19(25)29/h4-8,13-14,16-18H,9-12,24H2,1-3H3,(H2,25,29)(H,26,31)(H,27,32)(H,28,30)(H,33,34). The molecule has 0 heterocycles. The van der Waals surface area contributed by atoms with E-state index in [9.17, 15) is 29.1 Å². The smallest absolute Gasteiger partial charge is 0.326 e. The first-order chi connectivity index (χ1) is 15.9.